The molecule has 0 aromatic carbocycles. The van der Waals surface area contributed by atoms with E-state index in [4.69, 9.17) is 4.74 Å². The average molecular weight is 435 g/mol. The summed E-state index contributed by atoms with van der Waals surface area (Å²) in [6.45, 7) is 7.35. The number of aromatic nitrogens is 2. The Morgan fingerprint density at radius 3 is 2.91 bits per heavy atom. The highest BCUT2D eigenvalue weighted by atomic mass is 127. The van der Waals surface area contributed by atoms with E-state index in [1.807, 2.05) is 16.9 Å². The molecule has 0 atom stereocenters. The van der Waals surface area contributed by atoms with Gasteiger partial charge in [-0.3, -0.25) is 9.67 Å². The van der Waals surface area contributed by atoms with Crippen LogP contribution in [-0.2, 0) is 11.3 Å². The standard InChI is InChI=1S/C16H29N5O.HI/c1-2-17-16(18-8-3-11-21-12-4-10-20-21)19-9-5-13-22-14-15-6-7-15;/h4,10,12,15H,2-3,5-9,11,13-14H2,1H3,(H2,17,18,19);1H. The van der Waals surface area contributed by atoms with Gasteiger partial charge in [-0.15, -0.1) is 24.0 Å². The normalized spacial score (nSPS) is 14.4. The molecule has 132 valence electrons. The van der Waals surface area contributed by atoms with Gasteiger partial charge in [0.2, 0.25) is 0 Å². The van der Waals surface area contributed by atoms with Crippen LogP contribution in [0.2, 0.25) is 0 Å². The van der Waals surface area contributed by atoms with E-state index in [-0.39, 0.29) is 24.0 Å². The molecular weight excluding hydrogens is 405 g/mol. The van der Waals surface area contributed by atoms with E-state index in [9.17, 15) is 0 Å². The van der Waals surface area contributed by atoms with Gasteiger partial charge in [-0.05, 0) is 44.6 Å². The first-order chi connectivity index (χ1) is 10.9. The Morgan fingerprint density at radius 1 is 1.35 bits per heavy atom. The lowest BCUT2D eigenvalue weighted by atomic mass is 10.4. The third kappa shape index (κ3) is 9.80. The summed E-state index contributed by atoms with van der Waals surface area (Å²) in [5.74, 6) is 1.74. The SMILES string of the molecule is CCNC(=NCCCn1cccn1)NCCCOCC1CC1.I. The molecule has 2 N–H and O–H groups in total. The van der Waals surface area contributed by atoms with Crippen LogP contribution in [0.1, 0.15) is 32.6 Å². The molecule has 7 heteroatoms. The smallest absolute Gasteiger partial charge is 0.191 e. The number of nitrogens with one attached hydrogen (secondary N) is 2. The maximum atomic E-state index is 5.63. The summed E-state index contributed by atoms with van der Waals surface area (Å²) in [5, 5.41) is 10.8. The minimum atomic E-state index is 0. The van der Waals surface area contributed by atoms with Crippen molar-refractivity contribution in [3.05, 3.63) is 18.5 Å². The zero-order valence-corrected chi connectivity index (χ0v) is 16.4. The molecule has 1 saturated carbocycles. The number of hydrogen-bond donors (Lipinski definition) is 2. The average Bonchev–Trinajstić information content (AvgIpc) is 3.20. The van der Waals surface area contributed by atoms with Crippen LogP contribution in [0.4, 0.5) is 0 Å². The highest BCUT2D eigenvalue weighted by Gasteiger charge is 2.20. The lowest BCUT2D eigenvalue weighted by molar-refractivity contribution is 0.123. The van der Waals surface area contributed by atoms with Crippen molar-refractivity contribution in [3.8, 4) is 0 Å². The first-order valence-electron chi connectivity index (χ1n) is 8.46. The van der Waals surface area contributed by atoms with E-state index >= 15 is 0 Å². The number of halogens is 1. The summed E-state index contributed by atoms with van der Waals surface area (Å²) < 4.78 is 7.57. The third-order valence-electron chi connectivity index (χ3n) is 3.53. The van der Waals surface area contributed by atoms with E-state index in [1.54, 1.807) is 6.20 Å². The van der Waals surface area contributed by atoms with Crippen molar-refractivity contribution in [1.82, 2.24) is 20.4 Å². The number of guanidine groups is 1. The van der Waals surface area contributed by atoms with Crippen LogP contribution in [0.25, 0.3) is 0 Å². The summed E-state index contributed by atoms with van der Waals surface area (Å²) >= 11 is 0. The number of nitrogens with zero attached hydrogens (tertiary/aromatic N) is 3. The molecule has 1 fully saturated rings. The molecule has 1 aromatic rings. The molecule has 2 rings (SSSR count). The van der Waals surface area contributed by atoms with E-state index in [0.29, 0.717) is 0 Å². The topological polar surface area (TPSA) is 63.5 Å². The van der Waals surface area contributed by atoms with Gasteiger partial charge in [-0.25, -0.2) is 0 Å². The van der Waals surface area contributed by atoms with Crippen molar-refractivity contribution in [2.45, 2.75) is 39.2 Å². The fraction of sp³-hybridized carbons (Fsp3) is 0.750. The Bertz CT molecular complexity index is 420. The zero-order chi connectivity index (χ0) is 15.5. The largest absolute Gasteiger partial charge is 0.381 e. The van der Waals surface area contributed by atoms with Crippen LogP contribution in [0.3, 0.4) is 0 Å². The van der Waals surface area contributed by atoms with Crippen molar-refractivity contribution in [3.63, 3.8) is 0 Å². The Hall–Kier alpha value is -0.830. The predicted molar refractivity (Wildman–Crippen MR) is 104 cm³/mol. The Morgan fingerprint density at radius 2 is 2.22 bits per heavy atom. The van der Waals surface area contributed by atoms with E-state index in [1.165, 1.54) is 12.8 Å². The van der Waals surface area contributed by atoms with Crippen LogP contribution in [0.15, 0.2) is 23.5 Å². The third-order valence-corrected chi connectivity index (χ3v) is 3.53. The van der Waals surface area contributed by atoms with Gasteiger partial charge in [-0.2, -0.15) is 5.10 Å². The number of ether oxygens (including phenoxy) is 1. The predicted octanol–water partition coefficient (Wildman–Crippen LogP) is 2.26. The lowest BCUT2D eigenvalue weighted by Crippen LogP contribution is -2.38. The molecule has 0 saturated heterocycles. The molecule has 0 radical (unpaired) electrons. The van der Waals surface area contributed by atoms with E-state index in [0.717, 1.165) is 64.1 Å². The fourth-order valence-corrected chi connectivity index (χ4v) is 2.11. The van der Waals surface area contributed by atoms with Crippen molar-refractivity contribution in [2.24, 2.45) is 10.9 Å². The van der Waals surface area contributed by atoms with Gasteiger partial charge in [-0.1, -0.05) is 0 Å². The second kappa shape index (κ2) is 12.6. The second-order valence-corrected chi connectivity index (χ2v) is 5.68. The maximum absolute atomic E-state index is 5.63. The molecule has 0 bridgehead atoms. The summed E-state index contributed by atoms with van der Waals surface area (Å²) in [4.78, 5) is 4.58. The highest BCUT2D eigenvalue weighted by molar-refractivity contribution is 14.0. The van der Waals surface area contributed by atoms with Gasteiger partial charge in [0, 0.05) is 51.8 Å². The van der Waals surface area contributed by atoms with Crippen LogP contribution in [0, 0.1) is 5.92 Å². The molecule has 1 heterocycles. The van der Waals surface area contributed by atoms with E-state index in [2.05, 4.69) is 27.6 Å². The van der Waals surface area contributed by atoms with Crippen LogP contribution < -0.4 is 10.6 Å². The molecule has 0 amide bonds. The molecular formula is C16H30IN5O. The van der Waals surface area contributed by atoms with Crippen molar-refractivity contribution in [1.29, 1.82) is 0 Å². The Balaban J connectivity index is 0.00000264. The molecule has 0 spiro atoms. The molecule has 0 aliphatic heterocycles. The van der Waals surface area contributed by atoms with Gasteiger partial charge in [0.15, 0.2) is 5.96 Å². The first kappa shape index (κ1) is 20.2. The van der Waals surface area contributed by atoms with Gasteiger partial charge in [0.05, 0.1) is 0 Å². The number of aliphatic imine (C=N–C) groups is 1. The molecule has 23 heavy (non-hydrogen) atoms. The van der Waals surface area contributed by atoms with Gasteiger partial charge < -0.3 is 15.4 Å². The van der Waals surface area contributed by atoms with Gasteiger partial charge >= 0.3 is 0 Å². The molecule has 0 unspecified atom stereocenters. The Labute approximate surface area is 156 Å². The summed E-state index contributed by atoms with van der Waals surface area (Å²) in [6, 6.07) is 1.94. The quantitative estimate of drug-likeness (QED) is 0.242. The highest BCUT2D eigenvalue weighted by Crippen LogP contribution is 2.28. The molecule has 6 nitrogen and oxygen atoms in total. The van der Waals surface area contributed by atoms with Gasteiger partial charge in [0.1, 0.15) is 0 Å². The minimum absolute atomic E-state index is 0. The van der Waals surface area contributed by atoms with Crippen molar-refractivity contribution < 1.29 is 4.74 Å². The van der Waals surface area contributed by atoms with Crippen LogP contribution in [-0.4, -0.2) is 48.6 Å². The maximum Gasteiger partial charge on any atom is 0.191 e. The zero-order valence-electron chi connectivity index (χ0n) is 14.0. The first-order valence-corrected chi connectivity index (χ1v) is 8.46. The number of hydrogen-bond acceptors (Lipinski definition) is 3. The summed E-state index contributed by atoms with van der Waals surface area (Å²) in [5.41, 5.74) is 0. The lowest BCUT2D eigenvalue weighted by Gasteiger charge is -2.11. The molecule has 1 aromatic heterocycles. The van der Waals surface area contributed by atoms with Crippen LogP contribution >= 0.6 is 24.0 Å². The fourth-order valence-electron chi connectivity index (χ4n) is 2.11. The summed E-state index contributed by atoms with van der Waals surface area (Å²) in [6.07, 6.45) is 8.50. The number of aryl methyl sites for hydroxylation is 1. The van der Waals surface area contributed by atoms with Crippen molar-refractivity contribution >= 4 is 29.9 Å². The molecule has 1 aliphatic carbocycles. The second-order valence-electron chi connectivity index (χ2n) is 5.68. The monoisotopic (exact) mass is 435 g/mol. The van der Waals surface area contributed by atoms with Crippen LogP contribution in [0.5, 0.6) is 0 Å². The van der Waals surface area contributed by atoms with Gasteiger partial charge in [0.25, 0.3) is 0 Å². The summed E-state index contributed by atoms with van der Waals surface area (Å²) in [7, 11) is 0. The Kier molecular flexibility index (Phi) is 11.1. The number of rotatable bonds is 11. The van der Waals surface area contributed by atoms with E-state index < -0.39 is 0 Å². The van der Waals surface area contributed by atoms with Crippen molar-refractivity contribution in [2.75, 3.05) is 32.8 Å². The molecule has 1 aliphatic rings. The minimum Gasteiger partial charge on any atom is -0.381 e.